The molecule has 2 N–H and O–H groups in total. The Morgan fingerprint density at radius 1 is 1.33 bits per heavy atom. The van der Waals surface area contributed by atoms with Gasteiger partial charge in [0, 0.05) is 12.0 Å². The van der Waals surface area contributed by atoms with Crippen LogP contribution in [-0.2, 0) is 6.42 Å². The van der Waals surface area contributed by atoms with Crippen LogP contribution in [0.5, 0.6) is 5.75 Å². The molecule has 1 aromatic carbocycles. The van der Waals surface area contributed by atoms with Crippen LogP contribution in [0, 0.1) is 0 Å². The summed E-state index contributed by atoms with van der Waals surface area (Å²) in [5, 5.41) is 18.0. The molecule has 0 fully saturated rings. The molecule has 4 heteroatoms. The largest absolute Gasteiger partial charge is 0.508 e. The van der Waals surface area contributed by atoms with Crippen molar-refractivity contribution < 1.29 is 14.6 Å². The molecule has 0 aliphatic carbocycles. The Balaban J connectivity index is 2.29. The molecule has 0 saturated heterocycles. The standard InChI is InChI=1S/C11H11NO3/c13-5-4-10-7-12-11(15-10)8-2-1-3-9(14)6-8/h1-3,6-7,13-14H,4-5H2. The Bertz CT molecular complexity index is 451. The first kappa shape index (κ1) is 9.73. The normalized spacial score (nSPS) is 10.5. The summed E-state index contributed by atoms with van der Waals surface area (Å²) in [4.78, 5) is 4.06. The summed E-state index contributed by atoms with van der Waals surface area (Å²) >= 11 is 0. The molecule has 0 saturated carbocycles. The summed E-state index contributed by atoms with van der Waals surface area (Å²) in [6.45, 7) is 0.0364. The number of phenolic OH excluding ortho intramolecular Hbond substituents is 1. The monoisotopic (exact) mass is 205 g/mol. The lowest BCUT2D eigenvalue weighted by atomic mass is 10.2. The van der Waals surface area contributed by atoms with Crippen molar-refractivity contribution in [2.24, 2.45) is 0 Å². The van der Waals surface area contributed by atoms with Crippen molar-refractivity contribution in [2.45, 2.75) is 6.42 Å². The molecule has 15 heavy (non-hydrogen) atoms. The number of aromatic nitrogens is 1. The predicted molar refractivity (Wildman–Crippen MR) is 54.4 cm³/mol. The molecule has 1 heterocycles. The lowest BCUT2D eigenvalue weighted by Gasteiger charge is -1.96. The molecule has 0 aliphatic heterocycles. The van der Waals surface area contributed by atoms with Crippen LogP contribution in [0.15, 0.2) is 34.9 Å². The number of aromatic hydroxyl groups is 1. The third-order valence-corrected chi connectivity index (χ3v) is 2.00. The van der Waals surface area contributed by atoms with Crippen molar-refractivity contribution in [1.82, 2.24) is 4.98 Å². The summed E-state index contributed by atoms with van der Waals surface area (Å²) < 4.78 is 5.38. The van der Waals surface area contributed by atoms with Crippen LogP contribution in [0.2, 0.25) is 0 Å². The fraction of sp³-hybridized carbons (Fsp3) is 0.182. The first-order valence-corrected chi connectivity index (χ1v) is 4.64. The van der Waals surface area contributed by atoms with Gasteiger partial charge in [-0.05, 0) is 18.2 Å². The SMILES string of the molecule is OCCc1cnc(-c2cccc(O)c2)o1. The molecule has 2 aromatic rings. The molecule has 1 aromatic heterocycles. The number of aliphatic hydroxyl groups is 1. The fourth-order valence-electron chi connectivity index (χ4n) is 1.31. The van der Waals surface area contributed by atoms with Crippen LogP contribution >= 0.6 is 0 Å². The van der Waals surface area contributed by atoms with E-state index in [0.717, 1.165) is 5.56 Å². The molecule has 0 unspecified atom stereocenters. The van der Waals surface area contributed by atoms with Crippen LogP contribution in [0.3, 0.4) is 0 Å². The highest BCUT2D eigenvalue weighted by Crippen LogP contribution is 2.22. The van der Waals surface area contributed by atoms with Crippen LogP contribution in [0.4, 0.5) is 0 Å². The Morgan fingerprint density at radius 2 is 2.20 bits per heavy atom. The highest BCUT2D eigenvalue weighted by molar-refractivity contribution is 5.55. The number of phenols is 1. The van der Waals surface area contributed by atoms with E-state index in [1.165, 1.54) is 0 Å². The Morgan fingerprint density at radius 3 is 2.93 bits per heavy atom. The van der Waals surface area contributed by atoms with Gasteiger partial charge in [0.1, 0.15) is 11.5 Å². The van der Waals surface area contributed by atoms with E-state index in [4.69, 9.17) is 9.52 Å². The number of benzene rings is 1. The third-order valence-electron chi connectivity index (χ3n) is 2.00. The summed E-state index contributed by atoms with van der Waals surface area (Å²) in [5.41, 5.74) is 0.721. The quantitative estimate of drug-likeness (QED) is 0.798. The van der Waals surface area contributed by atoms with E-state index in [-0.39, 0.29) is 12.4 Å². The van der Waals surface area contributed by atoms with Gasteiger partial charge < -0.3 is 14.6 Å². The van der Waals surface area contributed by atoms with E-state index in [0.29, 0.717) is 18.1 Å². The number of aliphatic hydroxyl groups excluding tert-OH is 1. The maximum atomic E-state index is 9.28. The molecule has 4 nitrogen and oxygen atoms in total. The van der Waals surface area contributed by atoms with Gasteiger partial charge in [0.2, 0.25) is 5.89 Å². The fourth-order valence-corrected chi connectivity index (χ4v) is 1.31. The van der Waals surface area contributed by atoms with Crippen molar-refractivity contribution in [3.8, 4) is 17.2 Å². The molecule has 0 aliphatic rings. The minimum absolute atomic E-state index is 0.0364. The van der Waals surface area contributed by atoms with Gasteiger partial charge in [-0.2, -0.15) is 0 Å². The van der Waals surface area contributed by atoms with Gasteiger partial charge in [-0.15, -0.1) is 0 Å². The van der Waals surface area contributed by atoms with Crippen LogP contribution in [-0.4, -0.2) is 21.8 Å². The van der Waals surface area contributed by atoms with E-state index >= 15 is 0 Å². The number of hydrogen-bond donors (Lipinski definition) is 2. The molecule has 0 amide bonds. The number of rotatable bonds is 3. The summed E-state index contributed by atoms with van der Waals surface area (Å²) in [6.07, 6.45) is 2.03. The maximum Gasteiger partial charge on any atom is 0.226 e. The Hall–Kier alpha value is -1.81. The van der Waals surface area contributed by atoms with Gasteiger partial charge in [0.15, 0.2) is 0 Å². The molecule has 0 spiro atoms. The van der Waals surface area contributed by atoms with E-state index in [1.54, 1.807) is 30.5 Å². The Kier molecular flexibility index (Phi) is 2.69. The summed E-state index contributed by atoms with van der Waals surface area (Å²) in [5.74, 6) is 1.26. The first-order valence-electron chi connectivity index (χ1n) is 4.64. The minimum Gasteiger partial charge on any atom is -0.508 e. The van der Waals surface area contributed by atoms with Gasteiger partial charge in [0.25, 0.3) is 0 Å². The topological polar surface area (TPSA) is 66.5 Å². The second-order valence-corrected chi connectivity index (χ2v) is 3.16. The van der Waals surface area contributed by atoms with E-state index in [2.05, 4.69) is 4.98 Å². The Labute approximate surface area is 86.8 Å². The first-order chi connectivity index (χ1) is 7.29. The third kappa shape index (κ3) is 2.16. The lowest BCUT2D eigenvalue weighted by Crippen LogP contribution is -1.86. The predicted octanol–water partition coefficient (Wildman–Crippen LogP) is 1.58. The zero-order valence-electron chi connectivity index (χ0n) is 8.05. The average molecular weight is 205 g/mol. The van der Waals surface area contributed by atoms with Crippen molar-refractivity contribution >= 4 is 0 Å². The van der Waals surface area contributed by atoms with Gasteiger partial charge in [-0.25, -0.2) is 4.98 Å². The van der Waals surface area contributed by atoms with E-state index in [1.807, 2.05) is 0 Å². The highest BCUT2D eigenvalue weighted by atomic mass is 16.4. The number of oxazole rings is 1. The zero-order chi connectivity index (χ0) is 10.7. The smallest absolute Gasteiger partial charge is 0.226 e. The highest BCUT2D eigenvalue weighted by Gasteiger charge is 2.06. The van der Waals surface area contributed by atoms with Gasteiger partial charge in [-0.3, -0.25) is 0 Å². The van der Waals surface area contributed by atoms with Gasteiger partial charge in [-0.1, -0.05) is 6.07 Å². The molecular weight excluding hydrogens is 194 g/mol. The molecule has 0 radical (unpaired) electrons. The second-order valence-electron chi connectivity index (χ2n) is 3.16. The van der Waals surface area contributed by atoms with E-state index < -0.39 is 0 Å². The molecule has 2 rings (SSSR count). The summed E-state index contributed by atoms with van der Waals surface area (Å²) in [7, 11) is 0. The van der Waals surface area contributed by atoms with Crippen molar-refractivity contribution in [3.63, 3.8) is 0 Å². The van der Waals surface area contributed by atoms with Gasteiger partial charge in [0.05, 0.1) is 12.8 Å². The van der Waals surface area contributed by atoms with Crippen molar-refractivity contribution in [3.05, 3.63) is 36.2 Å². The number of nitrogens with zero attached hydrogens (tertiary/aromatic N) is 1. The zero-order valence-corrected chi connectivity index (χ0v) is 8.05. The van der Waals surface area contributed by atoms with Crippen LogP contribution in [0.1, 0.15) is 5.76 Å². The van der Waals surface area contributed by atoms with Crippen LogP contribution < -0.4 is 0 Å². The number of hydrogen-bond acceptors (Lipinski definition) is 4. The van der Waals surface area contributed by atoms with Gasteiger partial charge >= 0.3 is 0 Å². The van der Waals surface area contributed by atoms with Crippen LogP contribution in [0.25, 0.3) is 11.5 Å². The maximum absolute atomic E-state index is 9.28. The minimum atomic E-state index is 0.0364. The summed E-state index contributed by atoms with van der Waals surface area (Å²) in [6, 6.07) is 6.69. The molecular formula is C11H11NO3. The average Bonchev–Trinajstić information content (AvgIpc) is 2.67. The molecule has 78 valence electrons. The second kappa shape index (κ2) is 4.14. The lowest BCUT2D eigenvalue weighted by molar-refractivity contribution is 0.288. The van der Waals surface area contributed by atoms with E-state index in [9.17, 15) is 5.11 Å². The van der Waals surface area contributed by atoms with Crippen molar-refractivity contribution in [1.29, 1.82) is 0 Å². The van der Waals surface area contributed by atoms with Crippen molar-refractivity contribution in [2.75, 3.05) is 6.61 Å². The molecule has 0 atom stereocenters. The molecule has 0 bridgehead atoms.